The molecular formula is C11H15BrN2O4S. The van der Waals surface area contributed by atoms with Crippen LogP contribution in [0.15, 0.2) is 33.6 Å². The lowest BCUT2D eigenvalue weighted by Gasteiger charge is -2.14. The van der Waals surface area contributed by atoms with Crippen LogP contribution in [-0.4, -0.2) is 38.6 Å². The fourth-order valence-corrected chi connectivity index (χ4v) is 2.77. The normalized spacial score (nSPS) is 13.0. The highest BCUT2D eigenvalue weighted by molar-refractivity contribution is 9.10. The molecule has 1 aromatic carbocycles. The van der Waals surface area contributed by atoms with Crippen LogP contribution >= 0.6 is 15.9 Å². The maximum absolute atomic E-state index is 12.0. The molecule has 19 heavy (non-hydrogen) atoms. The van der Waals surface area contributed by atoms with Gasteiger partial charge in [0.15, 0.2) is 0 Å². The lowest BCUT2D eigenvalue weighted by Crippen LogP contribution is -2.45. The van der Waals surface area contributed by atoms with Crippen LogP contribution in [0.2, 0.25) is 0 Å². The second-order valence-electron chi connectivity index (χ2n) is 3.81. The Morgan fingerprint density at radius 1 is 1.37 bits per heavy atom. The van der Waals surface area contributed by atoms with Crippen molar-refractivity contribution in [3.8, 4) is 0 Å². The van der Waals surface area contributed by atoms with Gasteiger partial charge in [-0.2, -0.15) is 4.72 Å². The molecule has 0 saturated carbocycles. The predicted octanol–water partition coefficient (Wildman–Crippen LogP) is 0.224. The summed E-state index contributed by atoms with van der Waals surface area (Å²) in [5, 5.41) is 11.0. The first-order valence-electron chi connectivity index (χ1n) is 5.53. The van der Waals surface area contributed by atoms with Crippen LogP contribution in [0.25, 0.3) is 0 Å². The molecule has 0 fully saturated rings. The molecule has 1 aromatic rings. The first-order valence-corrected chi connectivity index (χ1v) is 7.81. The van der Waals surface area contributed by atoms with E-state index in [1.165, 1.54) is 19.1 Å². The highest BCUT2D eigenvalue weighted by Crippen LogP contribution is 2.14. The van der Waals surface area contributed by atoms with Crippen molar-refractivity contribution in [3.63, 3.8) is 0 Å². The molecule has 1 unspecified atom stereocenters. The Labute approximate surface area is 120 Å². The van der Waals surface area contributed by atoms with Crippen LogP contribution in [-0.2, 0) is 14.8 Å². The van der Waals surface area contributed by atoms with Crippen molar-refractivity contribution in [1.82, 2.24) is 10.0 Å². The van der Waals surface area contributed by atoms with Gasteiger partial charge in [-0.3, -0.25) is 4.79 Å². The number of hydrogen-bond acceptors (Lipinski definition) is 4. The maximum atomic E-state index is 12.0. The van der Waals surface area contributed by atoms with Crippen molar-refractivity contribution in [3.05, 3.63) is 28.7 Å². The maximum Gasteiger partial charge on any atom is 0.241 e. The van der Waals surface area contributed by atoms with Gasteiger partial charge in [0.25, 0.3) is 0 Å². The quantitative estimate of drug-likeness (QED) is 0.684. The third-order valence-electron chi connectivity index (χ3n) is 2.26. The van der Waals surface area contributed by atoms with Crippen LogP contribution in [0, 0.1) is 0 Å². The molecule has 1 amide bonds. The Balaban J connectivity index is 2.74. The third kappa shape index (κ3) is 4.90. The second kappa shape index (κ2) is 6.99. The van der Waals surface area contributed by atoms with Crippen LogP contribution in [0.1, 0.15) is 6.92 Å². The van der Waals surface area contributed by atoms with Crippen molar-refractivity contribution in [2.24, 2.45) is 0 Å². The number of carbonyl (C=O) groups is 1. The SMILES string of the molecule is CC(NS(=O)(=O)c1ccc(Br)cc1)C(=O)NCCO. The number of benzene rings is 1. The molecule has 0 radical (unpaired) electrons. The Morgan fingerprint density at radius 2 is 1.95 bits per heavy atom. The van der Waals surface area contributed by atoms with Gasteiger partial charge >= 0.3 is 0 Å². The predicted molar refractivity (Wildman–Crippen MR) is 74.0 cm³/mol. The number of aliphatic hydroxyl groups is 1. The molecule has 0 aromatic heterocycles. The third-order valence-corrected chi connectivity index (χ3v) is 4.35. The number of hydrogen-bond donors (Lipinski definition) is 3. The van der Waals surface area contributed by atoms with Gasteiger partial charge in [0.2, 0.25) is 15.9 Å². The van der Waals surface area contributed by atoms with Gasteiger partial charge < -0.3 is 10.4 Å². The van der Waals surface area contributed by atoms with E-state index >= 15 is 0 Å². The van der Waals surface area contributed by atoms with E-state index in [1.807, 2.05) is 0 Å². The minimum absolute atomic E-state index is 0.0810. The molecule has 3 N–H and O–H groups in total. The standard InChI is InChI=1S/C11H15BrN2O4S/c1-8(11(16)13-6-7-15)14-19(17,18)10-4-2-9(12)3-5-10/h2-5,8,14-15H,6-7H2,1H3,(H,13,16). The van der Waals surface area contributed by atoms with Gasteiger partial charge in [-0.05, 0) is 31.2 Å². The molecule has 6 nitrogen and oxygen atoms in total. The number of rotatable bonds is 6. The number of carbonyl (C=O) groups excluding carboxylic acids is 1. The van der Waals surface area contributed by atoms with Crippen LogP contribution in [0.5, 0.6) is 0 Å². The minimum atomic E-state index is -3.74. The lowest BCUT2D eigenvalue weighted by atomic mass is 10.3. The average molecular weight is 351 g/mol. The zero-order chi connectivity index (χ0) is 14.5. The van der Waals surface area contributed by atoms with Crippen molar-refractivity contribution in [2.45, 2.75) is 17.9 Å². The number of nitrogens with one attached hydrogen (secondary N) is 2. The van der Waals surface area contributed by atoms with Crippen molar-refractivity contribution < 1.29 is 18.3 Å². The monoisotopic (exact) mass is 350 g/mol. The summed E-state index contributed by atoms with van der Waals surface area (Å²) in [4.78, 5) is 11.6. The van der Waals surface area contributed by atoms with E-state index in [2.05, 4.69) is 26.0 Å². The topological polar surface area (TPSA) is 95.5 Å². The Bertz CT molecular complexity index is 530. The van der Waals surface area contributed by atoms with Gasteiger partial charge in [-0.1, -0.05) is 15.9 Å². The fourth-order valence-electron chi connectivity index (χ4n) is 1.30. The van der Waals surface area contributed by atoms with E-state index in [9.17, 15) is 13.2 Å². The molecule has 0 heterocycles. The van der Waals surface area contributed by atoms with E-state index in [-0.39, 0.29) is 18.0 Å². The van der Waals surface area contributed by atoms with Gasteiger partial charge in [0, 0.05) is 11.0 Å². The highest BCUT2D eigenvalue weighted by Gasteiger charge is 2.21. The van der Waals surface area contributed by atoms with Crippen LogP contribution in [0.4, 0.5) is 0 Å². The first kappa shape index (κ1) is 16.1. The summed E-state index contributed by atoms with van der Waals surface area (Å²) in [6.45, 7) is 1.32. The van der Waals surface area contributed by atoms with Crippen molar-refractivity contribution in [1.29, 1.82) is 0 Å². The molecule has 0 bridgehead atoms. The molecule has 0 aliphatic heterocycles. The summed E-state index contributed by atoms with van der Waals surface area (Å²) in [6.07, 6.45) is 0. The average Bonchev–Trinajstić information content (AvgIpc) is 2.35. The molecule has 0 saturated heterocycles. The molecule has 0 aliphatic rings. The van der Waals surface area contributed by atoms with E-state index < -0.39 is 22.0 Å². The van der Waals surface area contributed by atoms with Gasteiger partial charge in [0.1, 0.15) is 0 Å². The van der Waals surface area contributed by atoms with E-state index in [1.54, 1.807) is 12.1 Å². The zero-order valence-corrected chi connectivity index (χ0v) is 12.7. The summed E-state index contributed by atoms with van der Waals surface area (Å²) >= 11 is 3.21. The van der Waals surface area contributed by atoms with Crippen LogP contribution in [0.3, 0.4) is 0 Å². The number of halogens is 1. The number of sulfonamides is 1. The van der Waals surface area contributed by atoms with Gasteiger partial charge in [-0.15, -0.1) is 0 Å². The number of amides is 1. The second-order valence-corrected chi connectivity index (χ2v) is 6.44. The summed E-state index contributed by atoms with van der Waals surface area (Å²) in [5.74, 6) is -0.491. The summed E-state index contributed by atoms with van der Waals surface area (Å²) in [5.41, 5.74) is 0. The van der Waals surface area contributed by atoms with E-state index in [4.69, 9.17) is 5.11 Å². The summed E-state index contributed by atoms with van der Waals surface area (Å²) in [7, 11) is -3.74. The summed E-state index contributed by atoms with van der Waals surface area (Å²) < 4.78 is 27.0. The first-order chi connectivity index (χ1) is 8.86. The van der Waals surface area contributed by atoms with Crippen LogP contribution < -0.4 is 10.0 Å². The smallest absolute Gasteiger partial charge is 0.241 e. The molecule has 0 aliphatic carbocycles. The van der Waals surface area contributed by atoms with Crippen molar-refractivity contribution >= 4 is 31.9 Å². The summed E-state index contributed by atoms with van der Waals surface area (Å²) in [6, 6.07) is 5.16. The lowest BCUT2D eigenvalue weighted by molar-refractivity contribution is -0.122. The molecule has 0 spiro atoms. The Kier molecular flexibility index (Phi) is 5.92. The fraction of sp³-hybridized carbons (Fsp3) is 0.364. The molecule has 106 valence electrons. The van der Waals surface area contributed by atoms with Gasteiger partial charge in [-0.25, -0.2) is 8.42 Å². The molecule has 1 atom stereocenters. The highest BCUT2D eigenvalue weighted by atomic mass is 79.9. The number of aliphatic hydroxyl groups excluding tert-OH is 1. The largest absolute Gasteiger partial charge is 0.395 e. The molecule has 8 heteroatoms. The zero-order valence-electron chi connectivity index (χ0n) is 10.3. The Morgan fingerprint density at radius 3 is 2.47 bits per heavy atom. The van der Waals surface area contributed by atoms with E-state index in [0.717, 1.165) is 4.47 Å². The Hall–Kier alpha value is -0.960. The van der Waals surface area contributed by atoms with Crippen molar-refractivity contribution in [2.75, 3.05) is 13.2 Å². The van der Waals surface area contributed by atoms with Gasteiger partial charge in [0.05, 0.1) is 17.5 Å². The molecule has 1 rings (SSSR count). The molecular weight excluding hydrogens is 336 g/mol. The van der Waals surface area contributed by atoms with E-state index in [0.29, 0.717) is 0 Å². The minimum Gasteiger partial charge on any atom is -0.395 e.